The lowest BCUT2D eigenvalue weighted by atomic mass is 9.95. The highest BCUT2D eigenvalue weighted by molar-refractivity contribution is 7.12. The van der Waals surface area contributed by atoms with Gasteiger partial charge in [-0.3, -0.25) is 24.6 Å². The Hall–Kier alpha value is -5.07. The van der Waals surface area contributed by atoms with E-state index in [0.717, 1.165) is 54.4 Å². The molecule has 0 spiro atoms. The number of benzene rings is 2. The van der Waals surface area contributed by atoms with E-state index in [1.165, 1.54) is 11.3 Å². The lowest BCUT2D eigenvalue weighted by molar-refractivity contribution is 0.0989. The topological polar surface area (TPSA) is 120 Å². The number of hydrogen-bond acceptors (Lipinski definition) is 10. The Morgan fingerprint density at radius 1 is 1.07 bits per heavy atom. The summed E-state index contributed by atoms with van der Waals surface area (Å²) in [4.78, 5) is 41.7. The summed E-state index contributed by atoms with van der Waals surface area (Å²) in [7, 11) is 0. The van der Waals surface area contributed by atoms with Crippen LogP contribution in [-0.4, -0.2) is 39.4 Å². The zero-order valence-corrected chi connectivity index (χ0v) is 26.3. The van der Waals surface area contributed by atoms with Crippen molar-refractivity contribution in [3.63, 3.8) is 0 Å². The summed E-state index contributed by atoms with van der Waals surface area (Å²) in [6.07, 6.45) is 6.03. The van der Waals surface area contributed by atoms with Crippen molar-refractivity contribution in [2.45, 2.75) is 39.3 Å². The molecule has 0 saturated carbocycles. The van der Waals surface area contributed by atoms with Gasteiger partial charge in [-0.25, -0.2) is 10.5 Å². The molecule has 2 aliphatic rings. The molecule has 1 fully saturated rings. The van der Waals surface area contributed by atoms with Crippen molar-refractivity contribution in [2.24, 2.45) is 11.0 Å². The molecular formula is C34H35N9O2S. The highest BCUT2D eigenvalue weighted by Crippen LogP contribution is 2.29. The molecule has 0 unspecified atom stereocenters. The van der Waals surface area contributed by atoms with E-state index in [0.29, 0.717) is 46.9 Å². The SMILES string of the molecule is CCc1nc2ccc(N(Cc3cccnc3)C(=O)c3cccs3)cc2c(=O)n1CC1CCN(c2ccccc2C2=NNNN2)CC1. The van der Waals surface area contributed by atoms with Gasteiger partial charge in [-0.05, 0) is 72.2 Å². The first kappa shape index (κ1) is 29.6. The van der Waals surface area contributed by atoms with Gasteiger partial charge >= 0.3 is 0 Å². The molecule has 0 bridgehead atoms. The van der Waals surface area contributed by atoms with Crippen LogP contribution in [0.3, 0.4) is 0 Å². The van der Waals surface area contributed by atoms with Crippen molar-refractivity contribution in [2.75, 3.05) is 22.9 Å². The van der Waals surface area contributed by atoms with Crippen molar-refractivity contribution in [1.82, 2.24) is 31.0 Å². The molecule has 5 heterocycles. The molecule has 0 radical (unpaired) electrons. The summed E-state index contributed by atoms with van der Waals surface area (Å²) in [5.74, 6) is 1.76. The molecule has 12 heteroatoms. The molecule has 2 aliphatic heterocycles. The summed E-state index contributed by atoms with van der Waals surface area (Å²) in [6, 6.07) is 21.3. The van der Waals surface area contributed by atoms with Crippen LogP contribution in [-0.2, 0) is 19.5 Å². The minimum absolute atomic E-state index is 0.0632. The molecule has 5 aromatic rings. The van der Waals surface area contributed by atoms with Crippen molar-refractivity contribution in [3.8, 4) is 0 Å². The van der Waals surface area contributed by atoms with Crippen molar-refractivity contribution in [3.05, 3.63) is 117 Å². The molecule has 3 N–H and O–H groups in total. The number of amides is 1. The normalized spacial score (nSPS) is 15.0. The van der Waals surface area contributed by atoms with Crippen molar-refractivity contribution >= 4 is 45.4 Å². The summed E-state index contributed by atoms with van der Waals surface area (Å²) in [5, 5.41) is 6.71. The van der Waals surface area contributed by atoms with E-state index in [-0.39, 0.29) is 11.5 Å². The van der Waals surface area contributed by atoms with Crippen LogP contribution in [0.4, 0.5) is 11.4 Å². The number of nitrogens with zero attached hydrogens (tertiary/aromatic N) is 6. The van der Waals surface area contributed by atoms with Crippen LogP contribution in [0, 0.1) is 5.92 Å². The third-order valence-electron chi connectivity index (χ3n) is 8.64. The molecular weight excluding hydrogens is 599 g/mol. The Morgan fingerprint density at radius 3 is 2.67 bits per heavy atom. The number of aromatic nitrogens is 3. The van der Waals surface area contributed by atoms with Crippen molar-refractivity contribution in [1.29, 1.82) is 0 Å². The minimum Gasteiger partial charge on any atom is -0.371 e. The Kier molecular flexibility index (Phi) is 8.45. The number of pyridine rings is 1. The number of carbonyl (C=O) groups is 1. The Bertz CT molecular complexity index is 1930. The van der Waals surface area contributed by atoms with Crippen LogP contribution in [0.15, 0.2) is 94.4 Å². The van der Waals surface area contributed by atoms with Gasteiger partial charge in [-0.1, -0.05) is 31.2 Å². The van der Waals surface area contributed by atoms with Gasteiger partial charge in [0.2, 0.25) is 0 Å². The van der Waals surface area contributed by atoms with E-state index >= 15 is 0 Å². The minimum atomic E-state index is -0.117. The molecule has 11 nitrogen and oxygen atoms in total. The van der Waals surface area contributed by atoms with Gasteiger partial charge in [-0.15, -0.1) is 22.0 Å². The van der Waals surface area contributed by atoms with Gasteiger partial charge < -0.3 is 9.80 Å². The Morgan fingerprint density at radius 2 is 1.93 bits per heavy atom. The second kappa shape index (κ2) is 13.1. The lowest BCUT2D eigenvalue weighted by Gasteiger charge is -2.35. The van der Waals surface area contributed by atoms with Crippen LogP contribution >= 0.6 is 11.3 Å². The van der Waals surface area contributed by atoms with E-state index in [9.17, 15) is 9.59 Å². The summed E-state index contributed by atoms with van der Waals surface area (Å²) >= 11 is 1.40. The zero-order valence-electron chi connectivity index (χ0n) is 25.5. The average Bonchev–Trinajstić information content (AvgIpc) is 3.85. The number of anilines is 2. The van der Waals surface area contributed by atoms with E-state index in [1.54, 1.807) is 17.3 Å². The van der Waals surface area contributed by atoms with E-state index in [4.69, 9.17) is 4.98 Å². The number of thiophene rings is 1. The maximum Gasteiger partial charge on any atom is 0.268 e. The summed E-state index contributed by atoms with van der Waals surface area (Å²) in [5.41, 5.74) is 12.9. The third-order valence-corrected chi connectivity index (χ3v) is 9.50. The highest BCUT2D eigenvalue weighted by atomic mass is 32.1. The van der Waals surface area contributed by atoms with Gasteiger partial charge in [0.15, 0.2) is 5.84 Å². The number of aryl methyl sites for hydroxylation is 1. The van der Waals surface area contributed by atoms with E-state index < -0.39 is 0 Å². The molecule has 2 aromatic carbocycles. The molecule has 3 aromatic heterocycles. The molecule has 1 amide bonds. The van der Waals surface area contributed by atoms with E-state index in [1.807, 2.05) is 65.4 Å². The lowest BCUT2D eigenvalue weighted by Crippen LogP contribution is -2.39. The fourth-order valence-corrected chi connectivity index (χ4v) is 6.93. The highest BCUT2D eigenvalue weighted by Gasteiger charge is 2.25. The van der Waals surface area contributed by atoms with Crippen LogP contribution in [0.1, 0.15) is 46.4 Å². The van der Waals surface area contributed by atoms with Crippen LogP contribution in [0.25, 0.3) is 10.9 Å². The first-order valence-corrected chi connectivity index (χ1v) is 16.4. The number of nitrogens with one attached hydrogen (secondary N) is 3. The fourth-order valence-electron chi connectivity index (χ4n) is 6.26. The van der Waals surface area contributed by atoms with Gasteiger partial charge in [-0.2, -0.15) is 0 Å². The fraction of sp³-hybridized carbons (Fsp3) is 0.265. The van der Waals surface area contributed by atoms with E-state index in [2.05, 4.69) is 49.7 Å². The number of para-hydroxylation sites is 1. The van der Waals surface area contributed by atoms with Gasteiger partial charge in [0, 0.05) is 55.4 Å². The zero-order chi connectivity index (χ0) is 31.5. The number of hydrazone groups is 1. The summed E-state index contributed by atoms with van der Waals surface area (Å²) < 4.78 is 1.86. The quantitative estimate of drug-likeness (QED) is 0.218. The maximum absolute atomic E-state index is 14.2. The van der Waals surface area contributed by atoms with Gasteiger partial charge in [0.05, 0.1) is 22.3 Å². The number of piperidine rings is 1. The Labute approximate surface area is 270 Å². The first-order valence-electron chi connectivity index (χ1n) is 15.5. The predicted octanol–water partition coefficient (Wildman–Crippen LogP) is 4.45. The number of fused-ring (bicyclic) bond motifs is 1. The van der Waals surface area contributed by atoms with Gasteiger partial charge in [0.1, 0.15) is 5.82 Å². The van der Waals surface area contributed by atoms with Crippen LogP contribution < -0.4 is 31.9 Å². The molecule has 7 rings (SSSR count). The molecule has 234 valence electrons. The van der Waals surface area contributed by atoms with Crippen LogP contribution in [0.2, 0.25) is 0 Å². The molecule has 0 atom stereocenters. The number of rotatable bonds is 9. The largest absolute Gasteiger partial charge is 0.371 e. The average molecular weight is 634 g/mol. The molecule has 46 heavy (non-hydrogen) atoms. The van der Waals surface area contributed by atoms with Gasteiger partial charge in [0.25, 0.3) is 11.5 Å². The monoisotopic (exact) mass is 633 g/mol. The second-order valence-electron chi connectivity index (χ2n) is 11.5. The maximum atomic E-state index is 14.2. The second-order valence-corrected chi connectivity index (χ2v) is 12.4. The number of carbonyl (C=O) groups excluding carboxylic acids is 1. The predicted molar refractivity (Wildman–Crippen MR) is 182 cm³/mol. The van der Waals surface area contributed by atoms with Crippen molar-refractivity contribution < 1.29 is 4.79 Å². The molecule has 1 saturated heterocycles. The molecule has 0 aliphatic carbocycles. The standard InChI is InChI=1S/C34H35N9O2S/c1-2-31-36-28-12-11-25(42(22-24-7-5-15-35-20-24)34(45)30-10-6-18-46-30)19-27(28)33(44)43(31)21-23-13-16-41(17-14-23)29-9-4-3-8-26(29)32-37-39-40-38-32/h3-12,15,18-20,23,39-40H,2,13-14,16-17,21-22H2,1H3,(H,37,38). The van der Waals surface area contributed by atoms with Crippen LogP contribution in [0.5, 0.6) is 0 Å². The number of amidine groups is 1. The number of hydrazine groups is 2. The Balaban J connectivity index is 1.15. The smallest absolute Gasteiger partial charge is 0.268 e. The third kappa shape index (κ3) is 5.96. The first-order chi connectivity index (χ1) is 22.6. The number of hydrogen-bond donors (Lipinski definition) is 3. The summed E-state index contributed by atoms with van der Waals surface area (Å²) in [6.45, 7) is 4.75.